The molecule has 1 aliphatic carbocycles. The van der Waals surface area contributed by atoms with E-state index < -0.39 is 0 Å². The fourth-order valence-electron chi connectivity index (χ4n) is 3.15. The Balaban J connectivity index is 1.94. The van der Waals surface area contributed by atoms with Crippen LogP contribution in [0.5, 0.6) is 0 Å². The zero-order valence-corrected chi connectivity index (χ0v) is 12.8. The SMILES string of the molecule is CC1CCC(C(C)C)C(OC(=O)C[n+]2ccccc2)C1. The molecule has 0 saturated heterocycles. The van der Waals surface area contributed by atoms with Gasteiger partial charge in [-0.3, -0.25) is 0 Å². The van der Waals surface area contributed by atoms with E-state index in [9.17, 15) is 4.79 Å². The van der Waals surface area contributed by atoms with E-state index in [1.807, 2.05) is 35.2 Å². The minimum Gasteiger partial charge on any atom is -0.457 e. The van der Waals surface area contributed by atoms with Crippen molar-refractivity contribution in [3.8, 4) is 0 Å². The van der Waals surface area contributed by atoms with Crippen LogP contribution in [0, 0.1) is 17.8 Å². The molecule has 3 unspecified atom stereocenters. The molecular weight excluding hydrogens is 250 g/mol. The van der Waals surface area contributed by atoms with Crippen molar-refractivity contribution in [2.75, 3.05) is 0 Å². The van der Waals surface area contributed by atoms with Crippen molar-refractivity contribution in [1.29, 1.82) is 0 Å². The molecule has 1 aromatic rings. The van der Waals surface area contributed by atoms with Crippen LogP contribution < -0.4 is 4.57 Å². The highest BCUT2D eigenvalue weighted by atomic mass is 16.5. The summed E-state index contributed by atoms with van der Waals surface area (Å²) in [7, 11) is 0. The summed E-state index contributed by atoms with van der Waals surface area (Å²) in [6, 6.07) is 5.79. The van der Waals surface area contributed by atoms with E-state index in [2.05, 4.69) is 20.8 Å². The van der Waals surface area contributed by atoms with Crippen molar-refractivity contribution in [2.24, 2.45) is 17.8 Å². The molecule has 3 nitrogen and oxygen atoms in total. The molecule has 1 saturated carbocycles. The van der Waals surface area contributed by atoms with E-state index in [4.69, 9.17) is 4.74 Å². The molecule has 20 heavy (non-hydrogen) atoms. The van der Waals surface area contributed by atoms with Gasteiger partial charge in [0.1, 0.15) is 6.10 Å². The lowest BCUT2D eigenvalue weighted by Crippen LogP contribution is -2.42. The second kappa shape index (κ2) is 6.87. The largest absolute Gasteiger partial charge is 0.457 e. The molecule has 1 aliphatic rings. The van der Waals surface area contributed by atoms with Gasteiger partial charge in [0.15, 0.2) is 12.4 Å². The molecule has 0 bridgehead atoms. The summed E-state index contributed by atoms with van der Waals surface area (Å²) in [6.45, 7) is 7.01. The first kappa shape index (κ1) is 15.0. The smallest absolute Gasteiger partial charge is 0.372 e. The lowest BCUT2D eigenvalue weighted by molar-refractivity contribution is -0.686. The predicted octanol–water partition coefficient (Wildman–Crippen LogP) is 2.98. The van der Waals surface area contributed by atoms with E-state index >= 15 is 0 Å². The first-order chi connectivity index (χ1) is 9.56. The fraction of sp³-hybridized carbons (Fsp3) is 0.647. The van der Waals surface area contributed by atoms with Gasteiger partial charge in [-0.25, -0.2) is 4.79 Å². The van der Waals surface area contributed by atoms with Gasteiger partial charge in [-0.15, -0.1) is 0 Å². The average molecular weight is 276 g/mol. The maximum Gasteiger partial charge on any atom is 0.372 e. The second-order valence-electron chi connectivity index (χ2n) is 6.40. The van der Waals surface area contributed by atoms with Gasteiger partial charge >= 0.3 is 5.97 Å². The zero-order chi connectivity index (χ0) is 14.5. The Bertz CT molecular complexity index is 430. The summed E-state index contributed by atoms with van der Waals surface area (Å²) >= 11 is 0. The van der Waals surface area contributed by atoms with Crippen molar-refractivity contribution < 1.29 is 14.1 Å². The lowest BCUT2D eigenvalue weighted by atomic mass is 9.75. The summed E-state index contributed by atoms with van der Waals surface area (Å²) in [5, 5.41) is 0. The molecule has 1 fully saturated rings. The Labute approximate surface area is 122 Å². The van der Waals surface area contributed by atoms with Crippen LogP contribution in [0.15, 0.2) is 30.6 Å². The number of pyridine rings is 1. The first-order valence-electron chi connectivity index (χ1n) is 7.70. The van der Waals surface area contributed by atoms with E-state index in [1.165, 1.54) is 12.8 Å². The maximum atomic E-state index is 12.1. The van der Waals surface area contributed by atoms with E-state index in [0.717, 1.165) is 6.42 Å². The molecule has 110 valence electrons. The van der Waals surface area contributed by atoms with E-state index in [1.54, 1.807) is 0 Å². The lowest BCUT2D eigenvalue weighted by Gasteiger charge is -2.36. The van der Waals surface area contributed by atoms with Gasteiger partial charge in [-0.2, -0.15) is 4.57 Å². The third-order valence-electron chi connectivity index (χ3n) is 4.33. The van der Waals surface area contributed by atoms with Gasteiger partial charge in [0, 0.05) is 12.1 Å². The molecule has 1 heterocycles. The van der Waals surface area contributed by atoms with Crippen molar-refractivity contribution in [2.45, 2.75) is 52.7 Å². The number of hydrogen-bond donors (Lipinski definition) is 0. The molecular formula is C17H26NO2+. The summed E-state index contributed by atoms with van der Waals surface area (Å²) < 4.78 is 7.64. The molecule has 0 radical (unpaired) electrons. The summed E-state index contributed by atoms with van der Waals surface area (Å²) in [5.41, 5.74) is 0. The number of aromatic nitrogens is 1. The van der Waals surface area contributed by atoms with Crippen LogP contribution in [-0.2, 0) is 16.1 Å². The summed E-state index contributed by atoms with van der Waals surface area (Å²) in [4.78, 5) is 12.1. The molecule has 0 amide bonds. The Morgan fingerprint density at radius 1 is 1.25 bits per heavy atom. The Morgan fingerprint density at radius 3 is 2.60 bits per heavy atom. The highest BCUT2D eigenvalue weighted by Crippen LogP contribution is 2.35. The number of hydrogen-bond acceptors (Lipinski definition) is 2. The van der Waals surface area contributed by atoms with Crippen molar-refractivity contribution in [3.05, 3.63) is 30.6 Å². The second-order valence-corrected chi connectivity index (χ2v) is 6.40. The number of esters is 1. The average Bonchev–Trinajstić information content (AvgIpc) is 2.39. The monoisotopic (exact) mass is 276 g/mol. The van der Waals surface area contributed by atoms with Gasteiger partial charge in [0.05, 0.1) is 0 Å². The van der Waals surface area contributed by atoms with Gasteiger partial charge in [-0.1, -0.05) is 33.3 Å². The minimum atomic E-state index is -0.119. The predicted molar refractivity (Wildman–Crippen MR) is 77.9 cm³/mol. The van der Waals surface area contributed by atoms with E-state index in [-0.39, 0.29) is 12.1 Å². The Kier molecular flexibility index (Phi) is 5.16. The maximum absolute atomic E-state index is 12.1. The molecule has 2 rings (SSSR count). The van der Waals surface area contributed by atoms with E-state index in [0.29, 0.717) is 24.3 Å². The number of ether oxygens (including phenoxy) is 1. The molecule has 3 heteroatoms. The van der Waals surface area contributed by atoms with Crippen LogP contribution in [0.1, 0.15) is 40.0 Å². The summed E-state index contributed by atoms with van der Waals surface area (Å²) in [5.74, 6) is 1.62. The number of rotatable bonds is 4. The molecule has 0 spiro atoms. The van der Waals surface area contributed by atoms with Gasteiger partial charge in [-0.05, 0) is 30.6 Å². The highest BCUT2D eigenvalue weighted by molar-refractivity contribution is 5.67. The third-order valence-corrected chi connectivity index (χ3v) is 4.33. The molecule has 3 atom stereocenters. The van der Waals surface area contributed by atoms with Gasteiger partial charge in [0.2, 0.25) is 6.54 Å². The standard InChI is InChI=1S/C17H26NO2/c1-13(2)15-8-7-14(3)11-16(15)20-17(19)12-18-9-5-4-6-10-18/h4-6,9-10,13-16H,7-8,11-12H2,1-3H3/q+1. The quantitative estimate of drug-likeness (QED) is 0.625. The van der Waals surface area contributed by atoms with Crippen LogP contribution in [0.3, 0.4) is 0 Å². The normalized spacial score (nSPS) is 26.5. The number of carbonyl (C=O) groups excluding carboxylic acids is 1. The van der Waals surface area contributed by atoms with Gasteiger partial charge < -0.3 is 4.74 Å². The number of carbonyl (C=O) groups is 1. The van der Waals surface area contributed by atoms with Crippen LogP contribution in [0.4, 0.5) is 0 Å². The topological polar surface area (TPSA) is 30.2 Å². The van der Waals surface area contributed by atoms with Crippen LogP contribution in [0.25, 0.3) is 0 Å². The van der Waals surface area contributed by atoms with Crippen LogP contribution in [0.2, 0.25) is 0 Å². The third kappa shape index (κ3) is 4.06. The van der Waals surface area contributed by atoms with Crippen molar-refractivity contribution in [1.82, 2.24) is 0 Å². The minimum absolute atomic E-state index is 0.0931. The highest BCUT2D eigenvalue weighted by Gasteiger charge is 2.33. The fourth-order valence-corrected chi connectivity index (χ4v) is 3.15. The molecule has 0 aromatic carbocycles. The molecule has 1 aromatic heterocycles. The zero-order valence-electron chi connectivity index (χ0n) is 12.8. The van der Waals surface area contributed by atoms with Crippen LogP contribution in [-0.4, -0.2) is 12.1 Å². The summed E-state index contributed by atoms with van der Waals surface area (Å²) in [6.07, 6.45) is 7.32. The Hall–Kier alpha value is -1.38. The van der Waals surface area contributed by atoms with Crippen LogP contribution >= 0.6 is 0 Å². The number of nitrogens with zero attached hydrogens (tertiary/aromatic N) is 1. The van der Waals surface area contributed by atoms with Crippen molar-refractivity contribution >= 4 is 5.97 Å². The van der Waals surface area contributed by atoms with Crippen molar-refractivity contribution in [3.63, 3.8) is 0 Å². The molecule has 0 N–H and O–H groups in total. The Morgan fingerprint density at radius 2 is 1.95 bits per heavy atom. The molecule has 0 aliphatic heterocycles. The first-order valence-corrected chi connectivity index (χ1v) is 7.70. The van der Waals surface area contributed by atoms with Gasteiger partial charge in [0.25, 0.3) is 0 Å².